The van der Waals surface area contributed by atoms with E-state index in [0.717, 1.165) is 28.9 Å². The zero-order chi connectivity index (χ0) is 35.1. The number of benzene rings is 7. The lowest BCUT2D eigenvalue weighted by molar-refractivity contribution is 0.438. The van der Waals surface area contributed by atoms with Crippen molar-refractivity contribution in [3.63, 3.8) is 0 Å². The molecule has 0 saturated heterocycles. The number of rotatable bonds is 4. The van der Waals surface area contributed by atoms with E-state index >= 15 is 0 Å². The lowest BCUT2D eigenvalue weighted by atomic mass is 9.89. The summed E-state index contributed by atoms with van der Waals surface area (Å²) >= 11 is 0. The van der Waals surface area contributed by atoms with Gasteiger partial charge in [0, 0.05) is 39.0 Å². The van der Waals surface area contributed by atoms with Crippen LogP contribution in [0.1, 0.15) is 19.2 Å². The van der Waals surface area contributed by atoms with E-state index in [4.69, 9.17) is 0 Å². The van der Waals surface area contributed by atoms with Gasteiger partial charge < -0.3 is 4.57 Å². The highest BCUT2D eigenvalue weighted by Gasteiger charge is 2.30. The van der Waals surface area contributed by atoms with E-state index in [0.29, 0.717) is 0 Å². The summed E-state index contributed by atoms with van der Waals surface area (Å²) in [5.41, 5.74) is 9.06. The van der Waals surface area contributed by atoms with E-state index in [1.807, 2.05) is 0 Å². The topological polar surface area (TPSA) is 35.1 Å². The van der Waals surface area contributed by atoms with Gasteiger partial charge in [0.05, 0.1) is 5.54 Å². The number of nitrogens with zero attached hydrogens (tertiary/aromatic N) is 4. The summed E-state index contributed by atoms with van der Waals surface area (Å²) in [7, 11) is 0. The van der Waals surface area contributed by atoms with Crippen LogP contribution in [0.2, 0.25) is 0 Å². The molecule has 1 unspecified atom stereocenters. The number of hydrogen-bond acceptors (Lipinski definition) is 2. The van der Waals surface area contributed by atoms with Gasteiger partial charge in [0.2, 0.25) is 0 Å². The summed E-state index contributed by atoms with van der Waals surface area (Å²) in [5, 5.41) is 19.1. The summed E-state index contributed by atoms with van der Waals surface area (Å²) in [4.78, 5) is 0. The van der Waals surface area contributed by atoms with Crippen molar-refractivity contribution < 1.29 is 0 Å². The third kappa shape index (κ3) is 4.55. The monoisotopic (exact) mass is 678 g/mol. The van der Waals surface area contributed by atoms with Gasteiger partial charge in [0.25, 0.3) is 0 Å². The molecule has 1 aliphatic carbocycles. The maximum Gasteiger partial charge on any atom is 0.168 e. The van der Waals surface area contributed by atoms with Gasteiger partial charge in [0.15, 0.2) is 11.5 Å². The minimum Gasteiger partial charge on any atom is -0.331 e. The van der Waals surface area contributed by atoms with Crippen molar-refractivity contribution >= 4 is 65.3 Å². The average Bonchev–Trinajstić information content (AvgIpc) is 3.80. The highest BCUT2D eigenvalue weighted by atomic mass is 15.2. The molecule has 10 aromatic rings. The molecule has 3 heterocycles. The van der Waals surface area contributed by atoms with Gasteiger partial charge in [-0.15, -0.1) is 10.2 Å². The van der Waals surface area contributed by atoms with Crippen LogP contribution in [0.25, 0.3) is 87.6 Å². The van der Waals surface area contributed by atoms with Crippen LogP contribution in [-0.4, -0.2) is 19.2 Å². The summed E-state index contributed by atoms with van der Waals surface area (Å²) < 4.78 is 4.67. The molecule has 0 saturated carbocycles. The SMILES string of the molecule is CC1(n2c3ccc(-c4cccc5ccccc45)cc3c3cc(-c4cccc5ccccc45)ccc32)C=CC(c2nnc3c4ccccc4ccn23)=CC1. The van der Waals surface area contributed by atoms with Gasteiger partial charge >= 0.3 is 0 Å². The van der Waals surface area contributed by atoms with Gasteiger partial charge in [-0.3, -0.25) is 4.40 Å². The quantitative estimate of drug-likeness (QED) is 0.186. The highest BCUT2D eigenvalue weighted by molar-refractivity contribution is 6.12. The minimum atomic E-state index is -0.307. The fourth-order valence-corrected chi connectivity index (χ4v) is 8.73. The Morgan fingerprint density at radius 3 is 1.66 bits per heavy atom. The summed E-state index contributed by atoms with van der Waals surface area (Å²) in [5.74, 6) is 0.866. The number of aromatic nitrogens is 4. The van der Waals surface area contributed by atoms with Crippen molar-refractivity contribution in [3.8, 4) is 22.3 Å². The van der Waals surface area contributed by atoms with Gasteiger partial charge in [0.1, 0.15) is 0 Å². The molecule has 11 rings (SSSR count). The third-order valence-electron chi connectivity index (χ3n) is 11.4. The molecule has 53 heavy (non-hydrogen) atoms. The second-order valence-corrected chi connectivity index (χ2v) is 14.5. The molecule has 7 aromatic carbocycles. The van der Waals surface area contributed by atoms with Crippen molar-refractivity contribution in [1.82, 2.24) is 19.2 Å². The Bertz CT molecular complexity index is 3030. The third-order valence-corrected chi connectivity index (χ3v) is 11.4. The predicted molar refractivity (Wildman–Crippen MR) is 221 cm³/mol. The molecule has 4 nitrogen and oxygen atoms in total. The molecule has 0 fully saturated rings. The van der Waals surface area contributed by atoms with Gasteiger partial charge in [-0.2, -0.15) is 0 Å². The molecule has 4 heteroatoms. The van der Waals surface area contributed by atoms with Crippen molar-refractivity contribution in [2.75, 3.05) is 0 Å². The first kappa shape index (κ1) is 29.9. The Morgan fingerprint density at radius 1 is 0.528 bits per heavy atom. The Balaban J connectivity index is 1.09. The Kier molecular flexibility index (Phi) is 6.41. The molecule has 1 aliphatic rings. The zero-order valence-electron chi connectivity index (χ0n) is 29.2. The van der Waals surface area contributed by atoms with E-state index in [9.17, 15) is 0 Å². The minimum absolute atomic E-state index is 0.307. The van der Waals surface area contributed by atoms with Crippen LogP contribution in [0.15, 0.2) is 176 Å². The van der Waals surface area contributed by atoms with Crippen LogP contribution in [0.4, 0.5) is 0 Å². The lowest BCUT2D eigenvalue weighted by Gasteiger charge is -2.32. The van der Waals surface area contributed by atoms with Crippen molar-refractivity contribution in [3.05, 3.63) is 182 Å². The first-order valence-corrected chi connectivity index (χ1v) is 18.3. The van der Waals surface area contributed by atoms with E-state index in [1.165, 1.54) is 71.0 Å². The predicted octanol–water partition coefficient (Wildman–Crippen LogP) is 12.4. The molecule has 0 amide bonds. The molecular formula is C49H34N4. The van der Waals surface area contributed by atoms with Crippen molar-refractivity contribution in [1.29, 1.82) is 0 Å². The maximum absolute atomic E-state index is 4.69. The van der Waals surface area contributed by atoms with E-state index in [1.54, 1.807) is 0 Å². The molecular weight excluding hydrogens is 645 g/mol. The average molecular weight is 679 g/mol. The van der Waals surface area contributed by atoms with Crippen molar-refractivity contribution in [2.24, 2.45) is 0 Å². The summed E-state index contributed by atoms with van der Waals surface area (Å²) in [6.07, 6.45) is 9.83. The normalized spacial score (nSPS) is 16.1. The first-order valence-electron chi connectivity index (χ1n) is 18.3. The smallest absolute Gasteiger partial charge is 0.168 e. The molecule has 0 N–H and O–H groups in total. The Hall–Kier alpha value is -6.78. The Labute approximate surface area is 306 Å². The molecule has 0 spiro atoms. The van der Waals surface area contributed by atoms with Crippen LogP contribution in [0.5, 0.6) is 0 Å². The fourth-order valence-electron chi connectivity index (χ4n) is 8.73. The Morgan fingerprint density at radius 2 is 1.08 bits per heavy atom. The van der Waals surface area contributed by atoms with Crippen molar-refractivity contribution in [2.45, 2.75) is 18.9 Å². The zero-order valence-corrected chi connectivity index (χ0v) is 29.2. The second kappa shape index (κ2) is 11.4. The number of allylic oxidation sites excluding steroid dienone is 4. The van der Waals surface area contributed by atoms with Crippen LogP contribution in [0, 0.1) is 0 Å². The molecule has 0 radical (unpaired) electrons. The van der Waals surface area contributed by atoms with Crippen LogP contribution in [-0.2, 0) is 5.54 Å². The molecule has 0 aliphatic heterocycles. The summed E-state index contributed by atoms with van der Waals surface area (Å²) in [6.45, 7) is 2.35. The molecule has 1 atom stereocenters. The van der Waals surface area contributed by atoms with E-state index < -0.39 is 0 Å². The van der Waals surface area contributed by atoms with Gasteiger partial charge in [-0.1, -0.05) is 140 Å². The van der Waals surface area contributed by atoms with Crippen LogP contribution >= 0.6 is 0 Å². The number of fused-ring (bicyclic) bond motifs is 8. The fraction of sp³-hybridized carbons (Fsp3) is 0.0612. The van der Waals surface area contributed by atoms with E-state index in [-0.39, 0.29) is 5.54 Å². The van der Waals surface area contributed by atoms with Crippen LogP contribution in [0.3, 0.4) is 0 Å². The molecule has 3 aromatic heterocycles. The summed E-state index contributed by atoms with van der Waals surface area (Å²) in [6, 6.07) is 55.2. The molecule has 250 valence electrons. The number of pyridine rings is 1. The number of hydrogen-bond donors (Lipinski definition) is 0. The van der Waals surface area contributed by atoms with Gasteiger partial charge in [-0.05, 0) is 92.9 Å². The maximum atomic E-state index is 4.69. The first-order chi connectivity index (χ1) is 26.1. The molecule has 0 bridgehead atoms. The van der Waals surface area contributed by atoms with Crippen LogP contribution < -0.4 is 0 Å². The van der Waals surface area contributed by atoms with E-state index in [2.05, 4.69) is 202 Å². The lowest BCUT2D eigenvalue weighted by Crippen LogP contribution is -2.28. The van der Waals surface area contributed by atoms with Gasteiger partial charge in [-0.25, -0.2) is 0 Å². The highest BCUT2D eigenvalue weighted by Crippen LogP contribution is 2.43. The standard InChI is InChI=1S/C49H34N4/c1-49(27-24-35(25-28-49)47-50-51-48-42-17-7-4-12-34(42)26-29-52(47)48)53-45-22-20-36(40-18-8-13-32-10-2-5-15-38(32)40)30-43(45)44-31-37(21-23-46(44)53)41-19-9-14-33-11-3-6-16-39(33)41/h2-27,29-31H,28H2,1H3. The second-order valence-electron chi connectivity index (χ2n) is 14.5. The largest absolute Gasteiger partial charge is 0.331 e.